The predicted molar refractivity (Wildman–Crippen MR) is 125 cm³/mol. The van der Waals surface area contributed by atoms with Crippen molar-refractivity contribution in [2.45, 2.75) is 69.9 Å². The molecular weight excluding hydrogens is 424 g/mol. The number of carbonyl (C=O) groups excluding carboxylic acids is 2. The van der Waals surface area contributed by atoms with Gasteiger partial charge in [-0.15, -0.1) is 10.2 Å². The van der Waals surface area contributed by atoms with E-state index in [9.17, 15) is 9.59 Å². The molecule has 1 atom stereocenters. The maximum Gasteiger partial charge on any atom is 0.267 e. The lowest BCUT2D eigenvalue weighted by Gasteiger charge is -2.37. The molecule has 0 aromatic carbocycles. The van der Waals surface area contributed by atoms with Gasteiger partial charge >= 0.3 is 0 Å². The molecule has 0 saturated carbocycles. The minimum Gasteiger partial charge on any atom is -0.397 e. The third-order valence-electron chi connectivity index (χ3n) is 5.23. The van der Waals surface area contributed by atoms with Crippen LogP contribution < -0.4 is 0 Å². The SMILES string of the molecule is C=C(C)CN1C(=O)C(C)(C)SC1=NN=C1SC(O[Si](C)(C)C(C)(C)C)C(=O)N1C. The lowest BCUT2D eigenvalue weighted by Crippen LogP contribution is -2.45. The van der Waals surface area contributed by atoms with Crippen LogP contribution in [0.5, 0.6) is 0 Å². The van der Waals surface area contributed by atoms with Gasteiger partial charge in [0.05, 0.1) is 4.75 Å². The molecule has 162 valence electrons. The molecule has 0 radical (unpaired) electrons. The zero-order valence-electron chi connectivity index (χ0n) is 18.8. The number of carbonyl (C=O) groups is 2. The molecule has 0 aromatic rings. The highest BCUT2D eigenvalue weighted by Crippen LogP contribution is 2.41. The molecule has 0 N–H and O–H groups in total. The zero-order valence-corrected chi connectivity index (χ0v) is 21.5. The minimum atomic E-state index is -2.10. The van der Waals surface area contributed by atoms with Gasteiger partial charge in [-0.2, -0.15) is 0 Å². The Hall–Kier alpha value is -1.10. The number of amides is 2. The van der Waals surface area contributed by atoms with Gasteiger partial charge in [-0.05, 0) is 50.7 Å². The van der Waals surface area contributed by atoms with Gasteiger partial charge in [0, 0.05) is 13.6 Å². The number of likely N-dealkylation sites (N-methyl/N-ethyl adjacent to an activating group) is 1. The first kappa shape index (κ1) is 24.2. The fourth-order valence-electron chi connectivity index (χ4n) is 2.40. The maximum absolute atomic E-state index is 12.7. The normalized spacial score (nSPS) is 25.6. The third kappa shape index (κ3) is 5.15. The molecule has 2 aliphatic rings. The van der Waals surface area contributed by atoms with E-state index in [2.05, 4.69) is 50.6 Å². The summed E-state index contributed by atoms with van der Waals surface area (Å²) in [6, 6.07) is 0. The van der Waals surface area contributed by atoms with Gasteiger partial charge in [0.25, 0.3) is 5.91 Å². The van der Waals surface area contributed by atoms with Crippen LogP contribution >= 0.6 is 23.5 Å². The number of thioether (sulfide) groups is 2. The minimum absolute atomic E-state index is 0.00200. The van der Waals surface area contributed by atoms with Crippen LogP contribution in [0.3, 0.4) is 0 Å². The summed E-state index contributed by atoms with van der Waals surface area (Å²) in [5.41, 5.74) is 0.253. The summed E-state index contributed by atoms with van der Waals surface area (Å²) < 4.78 is 5.67. The van der Waals surface area contributed by atoms with Crippen LogP contribution in [0.25, 0.3) is 0 Å². The van der Waals surface area contributed by atoms with Crippen molar-refractivity contribution in [2.24, 2.45) is 10.2 Å². The molecule has 0 bridgehead atoms. The third-order valence-corrected chi connectivity index (χ3v) is 12.1. The van der Waals surface area contributed by atoms with Crippen LogP contribution in [0.4, 0.5) is 0 Å². The second kappa shape index (κ2) is 8.20. The quantitative estimate of drug-likeness (QED) is 0.354. The standard InChI is InChI=1S/C19H32N4O3S2Si/c1-12(2)11-23-15(25)19(6,7)28-17(23)21-20-16-22(8)13(24)14(27-16)26-29(9,10)18(3,4)5/h14H,1,11H2,2-10H3. The van der Waals surface area contributed by atoms with Crippen LogP contribution in [-0.4, -0.2) is 64.0 Å². The largest absolute Gasteiger partial charge is 0.397 e. The van der Waals surface area contributed by atoms with E-state index in [1.54, 1.807) is 11.9 Å². The van der Waals surface area contributed by atoms with Crippen LogP contribution in [0.15, 0.2) is 22.4 Å². The van der Waals surface area contributed by atoms with Crippen molar-refractivity contribution in [3.8, 4) is 0 Å². The van der Waals surface area contributed by atoms with Crippen molar-refractivity contribution in [1.29, 1.82) is 0 Å². The summed E-state index contributed by atoms with van der Waals surface area (Å²) in [5, 5.41) is 9.62. The molecule has 2 heterocycles. The first-order valence-corrected chi connectivity index (χ1v) is 14.1. The van der Waals surface area contributed by atoms with Gasteiger partial charge in [0.1, 0.15) is 0 Å². The Bertz CT molecular complexity index is 787. The van der Waals surface area contributed by atoms with Gasteiger partial charge in [-0.3, -0.25) is 19.4 Å². The van der Waals surface area contributed by atoms with Gasteiger partial charge in [-0.25, -0.2) is 0 Å². The summed E-state index contributed by atoms with van der Waals surface area (Å²) in [4.78, 5) is 28.4. The number of hydrogen-bond acceptors (Lipinski definition) is 7. The fourth-order valence-corrected chi connectivity index (χ4v) is 6.08. The van der Waals surface area contributed by atoms with Crippen molar-refractivity contribution in [3.63, 3.8) is 0 Å². The number of amidine groups is 2. The van der Waals surface area contributed by atoms with Crippen LogP contribution in [0.1, 0.15) is 41.5 Å². The molecule has 2 rings (SSSR count). The lowest BCUT2D eigenvalue weighted by atomic mass is 10.2. The maximum atomic E-state index is 12.7. The van der Waals surface area contributed by atoms with E-state index in [1.165, 1.54) is 28.4 Å². The summed E-state index contributed by atoms with van der Waals surface area (Å²) in [5.74, 6) is -0.153. The van der Waals surface area contributed by atoms with Crippen molar-refractivity contribution in [3.05, 3.63) is 12.2 Å². The van der Waals surface area contributed by atoms with E-state index in [0.717, 1.165) is 5.57 Å². The molecule has 2 aliphatic heterocycles. The first-order valence-electron chi connectivity index (χ1n) is 9.50. The Morgan fingerprint density at radius 2 is 1.79 bits per heavy atom. The highest BCUT2D eigenvalue weighted by Gasteiger charge is 2.46. The van der Waals surface area contributed by atoms with Gasteiger partial charge < -0.3 is 4.43 Å². The summed E-state index contributed by atoms with van der Waals surface area (Å²) >= 11 is 2.64. The Morgan fingerprint density at radius 1 is 1.24 bits per heavy atom. The van der Waals surface area contributed by atoms with E-state index < -0.39 is 18.5 Å². The summed E-state index contributed by atoms with van der Waals surface area (Å²) in [6.45, 7) is 20.6. The number of nitrogens with zero attached hydrogens (tertiary/aromatic N) is 4. The monoisotopic (exact) mass is 456 g/mol. The average molecular weight is 457 g/mol. The number of hydrogen-bond donors (Lipinski definition) is 0. The van der Waals surface area contributed by atoms with Gasteiger partial charge in [0.15, 0.2) is 24.1 Å². The molecule has 1 unspecified atom stereocenters. The summed E-state index contributed by atoms with van der Waals surface area (Å²) in [6.07, 6.45) is 0. The molecular formula is C19H32N4O3S2Si. The van der Waals surface area contributed by atoms with Crippen LogP contribution in [0, 0.1) is 0 Å². The Labute approximate surface area is 183 Å². The smallest absolute Gasteiger partial charge is 0.267 e. The molecule has 29 heavy (non-hydrogen) atoms. The van der Waals surface area contributed by atoms with Crippen LogP contribution in [0.2, 0.25) is 18.1 Å². The van der Waals surface area contributed by atoms with E-state index in [-0.39, 0.29) is 16.9 Å². The molecule has 2 amide bonds. The first-order chi connectivity index (χ1) is 13.1. The molecule has 0 aliphatic carbocycles. The second-order valence-corrected chi connectivity index (χ2v) is 16.8. The molecule has 7 nitrogen and oxygen atoms in total. The van der Waals surface area contributed by atoms with Crippen molar-refractivity contribution < 1.29 is 14.0 Å². The molecule has 0 aromatic heterocycles. The van der Waals surface area contributed by atoms with Gasteiger partial charge in [0.2, 0.25) is 5.91 Å². The van der Waals surface area contributed by atoms with Crippen LogP contribution in [-0.2, 0) is 14.0 Å². The Kier molecular flexibility index (Phi) is 6.84. The molecule has 0 spiro atoms. The molecule has 2 saturated heterocycles. The highest BCUT2D eigenvalue weighted by molar-refractivity contribution is 8.16. The lowest BCUT2D eigenvalue weighted by molar-refractivity contribution is -0.129. The van der Waals surface area contributed by atoms with Gasteiger partial charge in [-0.1, -0.05) is 44.7 Å². The van der Waals surface area contributed by atoms with Crippen molar-refractivity contribution >= 4 is 54.0 Å². The second-order valence-electron chi connectivity index (χ2n) is 9.45. The zero-order chi connectivity index (χ0) is 22.4. The topological polar surface area (TPSA) is 74.6 Å². The molecule has 10 heteroatoms. The molecule has 2 fully saturated rings. The fraction of sp³-hybridized carbons (Fsp3) is 0.684. The Balaban J connectivity index is 2.24. The van der Waals surface area contributed by atoms with Crippen molar-refractivity contribution in [1.82, 2.24) is 9.80 Å². The highest BCUT2D eigenvalue weighted by atomic mass is 32.2. The number of rotatable bonds is 5. The van der Waals surface area contributed by atoms with E-state index in [1.807, 2.05) is 20.8 Å². The summed E-state index contributed by atoms with van der Waals surface area (Å²) in [7, 11) is -0.430. The van der Waals surface area contributed by atoms with Crippen molar-refractivity contribution in [2.75, 3.05) is 13.6 Å². The van der Waals surface area contributed by atoms with E-state index >= 15 is 0 Å². The Morgan fingerprint density at radius 3 is 2.31 bits per heavy atom. The average Bonchev–Trinajstić information content (AvgIpc) is 2.93. The van der Waals surface area contributed by atoms with E-state index in [4.69, 9.17) is 4.43 Å². The predicted octanol–water partition coefficient (Wildman–Crippen LogP) is 4.10. The van der Waals surface area contributed by atoms with E-state index in [0.29, 0.717) is 16.9 Å².